The van der Waals surface area contributed by atoms with E-state index in [0.717, 1.165) is 5.56 Å². The van der Waals surface area contributed by atoms with Gasteiger partial charge in [-0.2, -0.15) is 4.31 Å². The van der Waals surface area contributed by atoms with Crippen molar-refractivity contribution in [1.82, 2.24) is 9.29 Å². The van der Waals surface area contributed by atoms with Gasteiger partial charge in [0, 0.05) is 48.4 Å². The van der Waals surface area contributed by atoms with Crippen LogP contribution in [0.4, 0.5) is 5.69 Å². The Labute approximate surface area is 194 Å². The Morgan fingerprint density at radius 1 is 1.09 bits per heavy atom. The molecule has 0 atom stereocenters. The van der Waals surface area contributed by atoms with Gasteiger partial charge >= 0.3 is 0 Å². The molecule has 1 aromatic heterocycles. The number of hydrogen-bond acceptors (Lipinski definition) is 6. The number of rotatable bonds is 9. The van der Waals surface area contributed by atoms with Crippen molar-refractivity contribution in [3.05, 3.63) is 78.1 Å². The van der Waals surface area contributed by atoms with E-state index in [9.17, 15) is 13.2 Å². The molecule has 0 radical (unpaired) electrons. The molecule has 1 amide bonds. The minimum absolute atomic E-state index is 0.0570. The number of amides is 1. The Morgan fingerprint density at radius 3 is 2.55 bits per heavy atom. The van der Waals surface area contributed by atoms with Crippen LogP contribution < -0.4 is 14.8 Å². The standard InChI is InChI=1S/C24H27N3O5S/c1-17(2)27(3)33(29,30)21-9-5-8-19(13-21)24(28)26-20-10-11-22(31-4)23(14-20)32-16-18-7-6-12-25-15-18/h5-15,17H,16H2,1-4H3,(H,26,28). The number of pyridine rings is 1. The van der Waals surface area contributed by atoms with Gasteiger partial charge in [-0.05, 0) is 50.2 Å². The second kappa shape index (κ2) is 10.5. The predicted octanol–water partition coefficient (Wildman–Crippen LogP) is 3.95. The van der Waals surface area contributed by atoms with Gasteiger partial charge in [0.1, 0.15) is 6.61 Å². The maximum Gasteiger partial charge on any atom is 0.255 e. The minimum Gasteiger partial charge on any atom is -0.493 e. The average Bonchev–Trinajstić information content (AvgIpc) is 2.83. The third-order valence-corrected chi connectivity index (χ3v) is 7.07. The third kappa shape index (κ3) is 5.88. The fourth-order valence-corrected chi connectivity index (χ4v) is 4.37. The summed E-state index contributed by atoms with van der Waals surface area (Å²) in [5.74, 6) is 0.526. The van der Waals surface area contributed by atoms with Gasteiger partial charge in [0.2, 0.25) is 10.0 Å². The number of nitrogens with zero attached hydrogens (tertiary/aromatic N) is 2. The number of sulfonamides is 1. The first-order valence-corrected chi connectivity index (χ1v) is 11.8. The molecule has 2 aromatic carbocycles. The van der Waals surface area contributed by atoms with Crippen molar-refractivity contribution in [2.45, 2.75) is 31.4 Å². The largest absolute Gasteiger partial charge is 0.493 e. The van der Waals surface area contributed by atoms with Gasteiger partial charge in [0.25, 0.3) is 5.91 Å². The van der Waals surface area contributed by atoms with Crippen molar-refractivity contribution in [1.29, 1.82) is 0 Å². The van der Waals surface area contributed by atoms with Crippen LogP contribution in [0.3, 0.4) is 0 Å². The summed E-state index contributed by atoms with van der Waals surface area (Å²) in [7, 11) is -0.661. The van der Waals surface area contributed by atoms with E-state index < -0.39 is 15.9 Å². The Bertz CT molecular complexity index is 1210. The molecule has 0 unspecified atom stereocenters. The van der Waals surface area contributed by atoms with Crippen LogP contribution in [0, 0.1) is 0 Å². The highest BCUT2D eigenvalue weighted by molar-refractivity contribution is 7.89. The molecular formula is C24H27N3O5S. The normalized spacial score (nSPS) is 11.5. The van der Waals surface area contributed by atoms with Crippen LogP contribution in [0.5, 0.6) is 11.5 Å². The van der Waals surface area contributed by atoms with Crippen molar-refractivity contribution < 1.29 is 22.7 Å². The SMILES string of the molecule is COc1ccc(NC(=O)c2cccc(S(=O)(=O)N(C)C(C)C)c2)cc1OCc1cccnc1. The number of carbonyl (C=O) groups is 1. The third-order valence-electron chi connectivity index (χ3n) is 5.04. The van der Waals surface area contributed by atoms with Crippen LogP contribution in [0.15, 0.2) is 71.9 Å². The van der Waals surface area contributed by atoms with Crippen molar-refractivity contribution in [2.75, 3.05) is 19.5 Å². The first kappa shape index (κ1) is 24.2. The van der Waals surface area contributed by atoms with E-state index in [1.807, 2.05) is 12.1 Å². The van der Waals surface area contributed by atoms with Crippen LogP contribution in [0.2, 0.25) is 0 Å². The predicted molar refractivity (Wildman–Crippen MR) is 126 cm³/mol. The molecule has 33 heavy (non-hydrogen) atoms. The molecule has 0 saturated carbocycles. The number of aromatic nitrogens is 1. The van der Waals surface area contributed by atoms with Crippen LogP contribution in [0.25, 0.3) is 0 Å². The summed E-state index contributed by atoms with van der Waals surface area (Å²) < 4.78 is 38.0. The summed E-state index contributed by atoms with van der Waals surface area (Å²) >= 11 is 0. The number of methoxy groups -OCH3 is 1. The number of nitrogens with one attached hydrogen (secondary N) is 1. The van der Waals surface area contributed by atoms with Gasteiger partial charge in [-0.1, -0.05) is 12.1 Å². The molecule has 0 fully saturated rings. The quantitative estimate of drug-likeness (QED) is 0.510. The Kier molecular flexibility index (Phi) is 7.67. The summed E-state index contributed by atoms with van der Waals surface area (Å²) in [5, 5.41) is 2.78. The molecule has 0 bridgehead atoms. The average molecular weight is 470 g/mol. The molecule has 0 aliphatic rings. The molecule has 8 nitrogen and oxygen atoms in total. The number of ether oxygens (including phenoxy) is 2. The lowest BCUT2D eigenvalue weighted by atomic mass is 10.2. The van der Waals surface area contributed by atoms with Crippen LogP contribution in [0.1, 0.15) is 29.8 Å². The van der Waals surface area contributed by atoms with Crippen LogP contribution in [-0.2, 0) is 16.6 Å². The highest BCUT2D eigenvalue weighted by atomic mass is 32.2. The van der Waals surface area contributed by atoms with E-state index in [0.29, 0.717) is 17.2 Å². The number of hydrogen-bond donors (Lipinski definition) is 1. The Hall–Kier alpha value is -3.43. The second-order valence-electron chi connectivity index (χ2n) is 7.61. The lowest BCUT2D eigenvalue weighted by molar-refractivity contribution is 0.102. The van der Waals surface area contributed by atoms with E-state index in [1.165, 1.54) is 30.6 Å². The van der Waals surface area contributed by atoms with E-state index in [-0.39, 0.29) is 23.1 Å². The summed E-state index contributed by atoms with van der Waals surface area (Å²) in [4.78, 5) is 17.0. The Balaban J connectivity index is 1.79. The van der Waals surface area contributed by atoms with E-state index in [2.05, 4.69) is 10.3 Å². The maximum atomic E-state index is 12.8. The van der Waals surface area contributed by atoms with Gasteiger partial charge in [-0.3, -0.25) is 9.78 Å². The van der Waals surface area contributed by atoms with E-state index in [4.69, 9.17) is 9.47 Å². The zero-order valence-electron chi connectivity index (χ0n) is 19.0. The fraction of sp³-hybridized carbons (Fsp3) is 0.250. The molecule has 174 valence electrons. The topological polar surface area (TPSA) is 97.8 Å². The highest BCUT2D eigenvalue weighted by Crippen LogP contribution is 2.31. The van der Waals surface area contributed by atoms with Crippen LogP contribution >= 0.6 is 0 Å². The molecule has 3 aromatic rings. The smallest absolute Gasteiger partial charge is 0.255 e. The molecule has 1 heterocycles. The lowest BCUT2D eigenvalue weighted by Crippen LogP contribution is -2.33. The van der Waals surface area contributed by atoms with Crippen molar-refractivity contribution in [2.24, 2.45) is 0 Å². The van der Waals surface area contributed by atoms with Gasteiger partial charge in [-0.15, -0.1) is 0 Å². The second-order valence-corrected chi connectivity index (χ2v) is 9.61. The maximum absolute atomic E-state index is 12.8. The monoisotopic (exact) mass is 469 g/mol. The molecule has 0 saturated heterocycles. The molecular weight excluding hydrogens is 442 g/mol. The molecule has 0 aliphatic carbocycles. The summed E-state index contributed by atoms with van der Waals surface area (Å²) in [6.07, 6.45) is 3.39. The fourth-order valence-electron chi connectivity index (χ4n) is 2.96. The minimum atomic E-state index is -3.70. The van der Waals surface area contributed by atoms with Crippen molar-refractivity contribution in [3.63, 3.8) is 0 Å². The van der Waals surface area contributed by atoms with Crippen molar-refractivity contribution in [3.8, 4) is 11.5 Å². The molecule has 9 heteroatoms. The Morgan fingerprint density at radius 2 is 1.88 bits per heavy atom. The zero-order valence-corrected chi connectivity index (χ0v) is 19.8. The van der Waals surface area contributed by atoms with E-state index >= 15 is 0 Å². The van der Waals surface area contributed by atoms with Gasteiger partial charge in [-0.25, -0.2) is 8.42 Å². The van der Waals surface area contributed by atoms with E-state index in [1.54, 1.807) is 56.6 Å². The van der Waals surface area contributed by atoms with Gasteiger partial charge < -0.3 is 14.8 Å². The first-order chi connectivity index (χ1) is 15.7. The lowest BCUT2D eigenvalue weighted by Gasteiger charge is -2.21. The molecule has 3 rings (SSSR count). The zero-order chi connectivity index (χ0) is 24.0. The number of anilines is 1. The summed E-state index contributed by atoms with van der Waals surface area (Å²) in [6.45, 7) is 3.85. The van der Waals surface area contributed by atoms with Crippen LogP contribution in [-0.4, -0.2) is 43.8 Å². The van der Waals surface area contributed by atoms with Gasteiger partial charge in [0.15, 0.2) is 11.5 Å². The number of benzene rings is 2. The van der Waals surface area contributed by atoms with Crippen molar-refractivity contribution >= 4 is 21.6 Å². The summed E-state index contributed by atoms with van der Waals surface area (Å²) in [5.41, 5.74) is 1.59. The first-order valence-electron chi connectivity index (χ1n) is 10.3. The molecule has 1 N–H and O–H groups in total. The highest BCUT2D eigenvalue weighted by Gasteiger charge is 2.24. The molecule has 0 aliphatic heterocycles. The van der Waals surface area contributed by atoms with Gasteiger partial charge in [0.05, 0.1) is 12.0 Å². The summed E-state index contributed by atoms with van der Waals surface area (Å²) in [6, 6.07) is 14.5. The molecule has 0 spiro atoms. The number of carbonyl (C=O) groups excluding carboxylic acids is 1.